The number of thioether (sulfide) groups is 1. The molecule has 132 valence electrons. The highest BCUT2D eigenvalue weighted by atomic mass is 32.2. The molecule has 0 unspecified atom stereocenters. The first-order valence-corrected chi connectivity index (χ1v) is 9.96. The van der Waals surface area contributed by atoms with E-state index in [1.807, 2.05) is 6.26 Å². The highest BCUT2D eigenvalue weighted by molar-refractivity contribution is 7.98. The number of hydrogen-bond acceptors (Lipinski definition) is 4. The first-order chi connectivity index (χ1) is 11.6. The minimum atomic E-state index is -0.508. The number of hydrogen-bond donors (Lipinski definition) is 3. The van der Waals surface area contributed by atoms with Crippen LogP contribution < -0.4 is 16.4 Å². The van der Waals surface area contributed by atoms with Crippen molar-refractivity contribution >= 4 is 29.3 Å². The molecule has 2 amide bonds. The second kappa shape index (κ2) is 9.69. The van der Waals surface area contributed by atoms with E-state index in [1.165, 1.54) is 19.3 Å². The minimum absolute atomic E-state index is 0.0450. The first-order valence-electron chi connectivity index (χ1n) is 8.56. The minimum Gasteiger partial charge on any atom is -0.349 e. The average Bonchev–Trinajstić information content (AvgIpc) is 2.61. The van der Waals surface area contributed by atoms with Crippen LogP contribution in [0.15, 0.2) is 24.3 Å². The molecule has 1 aromatic rings. The monoisotopic (exact) mass is 349 g/mol. The third-order valence-electron chi connectivity index (χ3n) is 4.32. The van der Waals surface area contributed by atoms with Gasteiger partial charge in [-0.15, -0.1) is 0 Å². The molecule has 1 aliphatic rings. The van der Waals surface area contributed by atoms with Crippen molar-refractivity contribution in [2.75, 3.05) is 17.3 Å². The Labute approximate surface area is 148 Å². The number of benzene rings is 1. The van der Waals surface area contributed by atoms with Crippen LogP contribution in [0.25, 0.3) is 0 Å². The highest BCUT2D eigenvalue weighted by Gasteiger charge is 2.17. The van der Waals surface area contributed by atoms with Gasteiger partial charge in [0, 0.05) is 17.3 Å². The summed E-state index contributed by atoms with van der Waals surface area (Å²) in [5.74, 6) is 0.620. The van der Waals surface area contributed by atoms with Crippen molar-refractivity contribution in [2.24, 2.45) is 5.73 Å². The molecule has 1 atom stereocenters. The van der Waals surface area contributed by atoms with Gasteiger partial charge < -0.3 is 16.4 Å². The van der Waals surface area contributed by atoms with Crippen molar-refractivity contribution in [1.29, 1.82) is 0 Å². The van der Waals surface area contributed by atoms with Crippen LogP contribution in [-0.4, -0.2) is 35.9 Å². The Morgan fingerprint density at radius 2 is 1.88 bits per heavy atom. The van der Waals surface area contributed by atoms with Crippen molar-refractivity contribution in [3.8, 4) is 0 Å². The fraction of sp³-hybridized carbons (Fsp3) is 0.556. The number of anilines is 1. The molecule has 24 heavy (non-hydrogen) atoms. The Morgan fingerprint density at radius 1 is 1.21 bits per heavy atom. The van der Waals surface area contributed by atoms with Crippen LogP contribution in [-0.2, 0) is 4.79 Å². The van der Waals surface area contributed by atoms with E-state index in [2.05, 4.69) is 10.6 Å². The molecule has 0 saturated heterocycles. The summed E-state index contributed by atoms with van der Waals surface area (Å²) >= 11 is 1.67. The van der Waals surface area contributed by atoms with Gasteiger partial charge >= 0.3 is 0 Å². The summed E-state index contributed by atoms with van der Waals surface area (Å²) in [4.78, 5) is 24.2. The van der Waals surface area contributed by atoms with Crippen LogP contribution in [0.1, 0.15) is 48.9 Å². The first kappa shape index (κ1) is 18.8. The molecule has 1 fully saturated rings. The van der Waals surface area contributed by atoms with Crippen LogP contribution in [0.2, 0.25) is 0 Å². The van der Waals surface area contributed by atoms with Crippen LogP contribution in [0, 0.1) is 0 Å². The summed E-state index contributed by atoms with van der Waals surface area (Å²) in [5.41, 5.74) is 7.12. The zero-order valence-electron chi connectivity index (χ0n) is 14.2. The molecule has 1 aliphatic carbocycles. The highest BCUT2D eigenvalue weighted by Crippen LogP contribution is 2.18. The third kappa shape index (κ3) is 5.83. The lowest BCUT2D eigenvalue weighted by Gasteiger charge is -2.22. The second-order valence-electron chi connectivity index (χ2n) is 6.26. The summed E-state index contributed by atoms with van der Waals surface area (Å²) < 4.78 is 0. The molecule has 0 radical (unpaired) electrons. The molecule has 4 N–H and O–H groups in total. The van der Waals surface area contributed by atoms with Gasteiger partial charge in [0.2, 0.25) is 5.91 Å². The van der Waals surface area contributed by atoms with Crippen molar-refractivity contribution < 1.29 is 9.59 Å². The molecule has 0 aliphatic heterocycles. The Kier molecular flexibility index (Phi) is 7.59. The molecule has 0 aromatic heterocycles. The predicted molar refractivity (Wildman–Crippen MR) is 100 cm³/mol. The van der Waals surface area contributed by atoms with Gasteiger partial charge in [-0.25, -0.2) is 0 Å². The number of amides is 2. The summed E-state index contributed by atoms with van der Waals surface area (Å²) in [6.45, 7) is 0. The molecular formula is C18H27N3O2S. The van der Waals surface area contributed by atoms with Crippen LogP contribution in [0.3, 0.4) is 0 Å². The maximum Gasteiger partial charge on any atom is 0.251 e. The number of nitrogens with one attached hydrogen (secondary N) is 2. The molecule has 5 nitrogen and oxygen atoms in total. The van der Waals surface area contributed by atoms with Gasteiger partial charge in [0.25, 0.3) is 5.91 Å². The molecule has 6 heteroatoms. The van der Waals surface area contributed by atoms with E-state index in [0.717, 1.165) is 18.6 Å². The Hall–Kier alpha value is -1.53. The topological polar surface area (TPSA) is 84.2 Å². The van der Waals surface area contributed by atoms with E-state index >= 15 is 0 Å². The van der Waals surface area contributed by atoms with E-state index in [-0.39, 0.29) is 11.8 Å². The van der Waals surface area contributed by atoms with Crippen molar-refractivity contribution in [1.82, 2.24) is 5.32 Å². The van der Waals surface area contributed by atoms with Gasteiger partial charge in [-0.1, -0.05) is 19.3 Å². The lowest BCUT2D eigenvalue weighted by atomic mass is 9.95. The van der Waals surface area contributed by atoms with Crippen molar-refractivity contribution in [3.63, 3.8) is 0 Å². The zero-order chi connectivity index (χ0) is 17.4. The molecule has 1 aromatic carbocycles. The van der Waals surface area contributed by atoms with Crippen molar-refractivity contribution in [3.05, 3.63) is 29.8 Å². The van der Waals surface area contributed by atoms with Crippen molar-refractivity contribution in [2.45, 2.75) is 50.6 Å². The summed E-state index contributed by atoms with van der Waals surface area (Å²) in [6.07, 6.45) is 8.40. The number of carbonyl (C=O) groups is 2. The zero-order valence-corrected chi connectivity index (χ0v) is 15.0. The van der Waals surface area contributed by atoms with Gasteiger partial charge in [-0.2, -0.15) is 11.8 Å². The van der Waals surface area contributed by atoms with Gasteiger partial charge in [0.15, 0.2) is 0 Å². The molecule has 2 rings (SSSR count). The maximum absolute atomic E-state index is 12.3. The van der Waals surface area contributed by atoms with E-state index in [4.69, 9.17) is 5.73 Å². The Morgan fingerprint density at radius 3 is 2.50 bits per heavy atom. The summed E-state index contributed by atoms with van der Waals surface area (Å²) in [7, 11) is 0. The Balaban J connectivity index is 1.85. The Bertz CT molecular complexity index is 542. The molecule has 1 saturated carbocycles. The third-order valence-corrected chi connectivity index (χ3v) is 4.97. The van der Waals surface area contributed by atoms with E-state index in [9.17, 15) is 9.59 Å². The quantitative estimate of drug-likeness (QED) is 0.707. The number of nitrogens with two attached hydrogens (primary N) is 1. The standard InChI is InChI=1S/C18H27N3O2S/c1-24-12-11-16(19)18(23)21-15-9-7-13(8-10-15)17(22)20-14-5-3-2-4-6-14/h7-10,14,16H,2-6,11-12,19H2,1H3,(H,20,22)(H,21,23)/t16-/m0/s1. The van der Waals surface area contributed by atoms with Gasteiger partial charge in [-0.05, 0) is 55.5 Å². The predicted octanol–water partition coefficient (Wildman–Crippen LogP) is 2.77. The molecule has 0 spiro atoms. The second-order valence-corrected chi connectivity index (χ2v) is 7.25. The fourth-order valence-electron chi connectivity index (χ4n) is 2.83. The molecule has 0 bridgehead atoms. The summed E-state index contributed by atoms with van der Waals surface area (Å²) in [6, 6.07) is 6.75. The van der Waals surface area contributed by atoms with Gasteiger partial charge in [-0.3, -0.25) is 9.59 Å². The SMILES string of the molecule is CSCC[C@H](N)C(=O)Nc1ccc(C(=O)NC2CCCCC2)cc1. The van der Waals surface area contributed by atoms with Crippen LogP contribution in [0.4, 0.5) is 5.69 Å². The molecule has 0 heterocycles. The average molecular weight is 350 g/mol. The summed E-state index contributed by atoms with van der Waals surface area (Å²) in [5, 5.41) is 5.88. The fourth-order valence-corrected chi connectivity index (χ4v) is 3.32. The normalized spacial score (nSPS) is 16.4. The lowest BCUT2D eigenvalue weighted by Crippen LogP contribution is -2.36. The van der Waals surface area contributed by atoms with Crippen LogP contribution in [0.5, 0.6) is 0 Å². The molecular weight excluding hydrogens is 322 g/mol. The van der Waals surface area contributed by atoms with E-state index in [1.54, 1.807) is 36.0 Å². The maximum atomic E-state index is 12.3. The van der Waals surface area contributed by atoms with E-state index < -0.39 is 6.04 Å². The van der Waals surface area contributed by atoms with Crippen LogP contribution >= 0.6 is 11.8 Å². The van der Waals surface area contributed by atoms with E-state index in [0.29, 0.717) is 23.7 Å². The lowest BCUT2D eigenvalue weighted by molar-refractivity contribution is -0.117. The largest absolute Gasteiger partial charge is 0.349 e. The number of rotatable bonds is 7. The number of carbonyl (C=O) groups excluding carboxylic acids is 2. The van der Waals surface area contributed by atoms with Gasteiger partial charge in [0.05, 0.1) is 6.04 Å². The van der Waals surface area contributed by atoms with Gasteiger partial charge in [0.1, 0.15) is 0 Å². The smallest absolute Gasteiger partial charge is 0.251 e.